The lowest BCUT2D eigenvalue weighted by molar-refractivity contribution is -0.124. The maximum absolute atomic E-state index is 13.8. The summed E-state index contributed by atoms with van der Waals surface area (Å²) >= 11 is 0. The number of carbonyl (C=O) groups excluding carboxylic acids is 1. The molecule has 0 aliphatic carbocycles. The molecular weight excluding hydrogens is 290 g/mol. The van der Waals surface area contributed by atoms with Crippen LogP contribution in [-0.4, -0.2) is 31.1 Å². The Morgan fingerprint density at radius 1 is 1.36 bits per heavy atom. The molecule has 0 radical (unpaired) electrons. The van der Waals surface area contributed by atoms with E-state index in [2.05, 4.69) is 21.5 Å². The van der Waals surface area contributed by atoms with Gasteiger partial charge in [0, 0.05) is 24.1 Å². The number of carbonyl (C=O) groups is 1. The molecule has 4 unspecified atom stereocenters. The second-order valence-electron chi connectivity index (χ2n) is 5.90. The zero-order valence-electron chi connectivity index (χ0n) is 12.3. The van der Waals surface area contributed by atoms with E-state index in [4.69, 9.17) is 0 Å². The number of hydrogen-bond acceptors (Lipinski definition) is 4. The first-order valence-corrected chi connectivity index (χ1v) is 7.54. The Balaban J connectivity index is 1.67. The summed E-state index contributed by atoms with van der Waals surface area (Å²) in [5, 5.41) is 6.04. The lowest BCUT2D eigenvalue weighted by atomic mass is 9.89. The summed E-state index contributed by atoms with van der Waals surface area (Å²) in [4.78, 5) is 12.4. The number of piperidine rings is 1. The molecule has 0 saturated carbocycles. The average Bonchev–Trinajstić information content (AvgIpc) is 2.94. The fourth-order valence-corrected chi connectivity index (χ4v) is 3.21. The van der Waals surface area contributed by atoms with Gasteiger partial charge in [-0.2, -0.15) is 0 Å². The average molecular weight is 310 g/mol. The number of rotatable bonds is 3. The Kier molecular flexibility index (Phi) is 4.37. The van der Waals surface area contributed by atoms with Gasteiger partial charge in [-0.05, 0) is 26.0 Å². The van der Waals surface area contributed by atoms with E-state index < -0.39 is 17.7 Å². The molecule has 3 rings (SSSR count). The molecule has 2 heterocycles. The van der Waals surface area contributed by atoms with Crippen LogP contribution in [-0.2, 0) is 4.79 Å². The normalized spacial score (nSPS) is 29.0. The Bertz CT molecular complexity index is 568. The highest BCUT2D eigenvalue weighted by atomic mass is 19.2. The van der Waals surface area contributed by atoms with Crippen LogP contribution in [0.25, 0.3) is 0 Å². The van der Waals surface area contributed by atoms with Crippen molar-refractivity contribution in [2.75, 3.05) is 13.1 Å². The quantitative estimate of drug-likeness (QED) is 0.660. The molecule has 1 amide bonds. The molecule has 4 N–H and O–H groups in total. The Morgan fingerprint density at radius 2 is 2.18 bits per heavy atom. The predicted octanol–water partition coefficient (Wildman–Crippen LogP) is 0.597. The van der Waals surface area contributed by atoms with Crippen LogP contribution in [0.4, 0.5) is 8.78 Å². The minimum atomic E-state index is -0.912. The van der Waals surface area contributed by atoms with Crippen molar-refractivity contribution < 1.29 is 13.6 Å². The van der Waals surface area contributed by atoms with Crippen molar-refractivity contribution in [1.82, 2.24) is 21.5 Å². The van der Waals surface area contributed by atoms with Crippen LogP contribution in [0.1, 0.15) is 24.9 Å². The van der Waals surface area contributed by atoms with Gasteiger partial charge in [0.1, 0.15) is 6.04 Å². The zero-order valence-corrected chi connectivity index (χ0v) is 12.3. The first kappa shape index (κ1) is 15.3. The highest BCUT2D eigenvalue weighted by Gasteiger charge is 2.41. The van der Waals surface area contributed by atoms with E-state index in [-0.39, 0.29) is 29.5 Å². The monoisotopic (exact) mass is 310 g/mol. The van der Waals surface area contributed by atoms with Gasteiger partial charge in [-0.25, -0.2) is 14.2 Å². The first-order valence-electron chi connectivity index (χ1n) is 7.54. The number of fused-ring (bicyclic) bond motifs is 1. The first-order chi connectivity index (χ1) is 10.6. The molecule has 2 saturated heterocycles. The second-order valence-corrected chi connectivity index (χ2v) is 5.90. The van der Waals surface area contributed by atoms with E-state index in [9.17, 15) is 13.6 Å². The van der Waals surface area contributed by atoms with Crippen molar-refractivity contribution in [2.45, 2.75) is 31.5 Å². The van der Waals surface area contributed by atoms with Gasteiger partial charge < -0.3 is 10.6 Å². The third-order valence-corrected chi connectivity index (χ3v) is 4.47. The van der Waals surface area contributed by atoms with Crippen molar-refractivity contribution in [2.24, 2.45) is 5.92 Å². The van der Waals surface area contributed by atoms with Gasteiger partial charge in [0.2, 0.25) is 5.91 Å². The number of amides is 1. The minimum absolute atomic E-state index is 0.151. The predicted molar refractivity (Wildman–Crippen MR) is 77.7 cm³/mol. The molecule has 0 spiro atoms. The van der Waals surface area contributed by atoms with Crippen LogP contribution in [0.2, 0.25) is 0 Å². The van der Waals surface area contributed by atoms with E-state index in [1.54, 1.807) is 6.92 Å². The Hall–Kier alpha value is -1.57. The Morgan fingerprint density at radius 3 is 3.00 bits per heavy atom. The highest BCUT2D eigenvalue weighted by Crippen LogP contribution is 2.22. The molecule has 2 fully saturated rings. The maximum Gasteiger partial charge on any atom is 0.239 e. The molecule has 0 bridgehead atoms. The largest absolute Gasteiger partial charge is 0.348 e. The topological polar surface area (TPSA) is 65.2 Å². The molecule has 7 heteroatoms. The number of hydrogen-bond donors (Lipinski definition) is 4. The molecule has 2 aliphatic rings. The summed E-state index contributed by atoms with van der Waals surface area (Å²) in [7, 11) is 0. The third kappa shape index (κ3) is 2.84. The van der Waals surface area contributed by atoms with Crippen molar-refractivity contribution in [3.63, 3.8) is 0 Å². The van der Waals surface area contributed by atoms with Crippen LogP contribution >= 0.6 is 0 Å². The highest BCUT2D eigenvalue weighted by molar-refractivity contribution is 5.83. The van der Waals surface area contributed by atoms with Gasteiger partial charge in [0.05, 0.1) is 6.04 Å². The van der Waals surface area contributed by atoms with Crippen molar-refractivity contribution in [3.8, 4) is 0 Å². The standard InChI is InChI=1S/C15H20F2N4O/c1-8(9-3-2-4-11(16)13(9)17)19-15(22)14-10-7-18-6-5-12(10)20-21-14/h2-4,8,10,12,14,18,20-21H,5-7H2,1H3,(H,19,22). The molecule has 1 aromatic carbocycles. The SMILES string of the molecule is CC(NC(=O)C1NNC2CCNCC21)c1cccc(F)c1F. The summed E-state index contributed by atoms with van der Waals surface area (Å²) in [6.07, 6.45) is 0.954. The molecule has 2 aliphatic heterocycles. The molecule has 0 aromatic heterocycles. The lowest BCUT2D eigenvalue weighted by Crippen LogP contribution is -2.49. The lowest BCUT2D eigenvalue weighted by Gasteiger charge is -2.28. The molecule has 1 aromatic rings. The molecule has 120 valence electrons. The van der Waals surface area contributed by atoms with E-state index in [1.807, 2.05) is 0 Å². The van der Waals surface area contributed by atoms with Gasteiger partial charge in [-0.1, -0.05) is 12.1 Å². The second kappa shape index (κ2) is 6.28. The van der Waals surface area contributed by atoms with E-state index >= 15 is 0 Å². The van der Waals surface area contributed by atoms with E-state index in [1.165, 1.54) is 12.1 Å². The molecular formula is C15H20F2N4O. The van der Waals surface area contributed by atoms with Crippen molar-refractivity contribution >= 4 is 5.91 Å². The van der Waals surface area contributed by atoms with Gasteiger partial charge in [0.15, 0.2) is 11.6 Å². The van der Waals surface area contributed by atoms with Crippen LogP contribution in [0, 0.1) is 17.6 Å². The molecule has 5 nitrogen and oxygen atoms in total. The molecule has 4 atom stereocenters. The van der Waals surface area contributed by atoms with Crippen LogP contribution in [0.3, 0.4) is 0 Å². The fourth-order valence-electron chi connectivity index (χ4n) is 3.21. The zero-order chi connectivity index (χ0) is 15.7. The molecule has 22 heavy (non-hydrogen) atoms. The summed E-state index contributed by atoms with van der Waals surface area (Å²) in [5.74, 6) is -1.88. The number of hydrazine groups is 1. The van der Waals surface area contributed by atoms with E-state index in [0.717, 1.165) is 25.6 Å². The summed E-state index contributed by atoms with van der Waals surface area (Å²) < 4.78 is 27.1. The maximum atomic E-state index is 13.8. The van der Waals surface area contributed by atoms with Gasteiger partial charge in [-0.3, -0.25) is 10.2 Å². The van der Waals surface area contributed by atoms with Gasteiger partial charge in [0.25, 0.3) is 0 Å². The summed E-state index contributed by atoms with van der Waals surface area (Å²) in [5.41, 5.74) is 6.30. The summed E-state index contributed by atoms with van der Waals surface area (Å²) in [6.45, 7) is 3.33. The van der Waals surface area contributed by atoms with Gasteiger partial charge >= 0.3 is 0 Å². The summed E-state index contributed by atoms with van der Waals surface area (Å²) in [6, 6.07) is 3.27. The van der Waals surface area contributed by atoms with Crippen LogP contribution in [0.5, 0.6) is 0 Å². The number of benzene rings is 1. The fraction of sp³-hybridized carbons (Fsp3) is 0.533. The van der Waals surface area contributed by atoms with Crippen molar-refractivity contribution in [3.05, 3.63) is 35.4 Å². The Labute approximate surface area is 127 Å². The minimum Gasteiger partial charge on any atom is -0.348 e. The van der Waals surface area contributed by atoms with E-state index in [0.29, 0.717) is 0 Å². The van der Waals surface area contributed by atoms with Gasteiger partial charge in [-0.15, -0.1) is 0 Å². The van der Waals surface area contributed by atoms with Crippen LogP contribution in [0.15, 0.2) is 18.2 Å². The van der Waals surface area contributed by atoms with Crippen molar-refractivity contribution in [1.29, 1.82) is 0 Å². The number of nitrogens with one attached hydrogen (secondary N) is 4. The smallest absolute Gasteiger partial charge is 0.239 e. The number of halogens is 2. The van der Waals surface area contributed by atoms with Crippen LogP contribution < -0.4 is 21.5 Å². The third-order valence-electron chi connectivity index (χ3n) is 4.47.